The number of piperidine rings is 1. The number of carbonyl (C=O) groups is 2. The molecule has 1 saturated carbocycles. The van der Waals surface area contributed by atoms with Gasteiger partial charge in [-0.1, -0.05) is 31.4 Å². The van der Waals surface area contributed by atoms with Gasteiger partial charge in [0.25, 0.3) is 5.91 Å². The van der Waals surface area contributed by atoms with Gasteiger partial charge in [-0.3, -0.25) is 10.1 Å². The van der Waals surface area contributed by atoms with E-state index in [1.54, 1.807) is 11.3 Å². The van der Waals surface area contributed by atoms with E-state index in [0.717, 1.165) is 62.0 Å². The first kappa shape index (κ1) is 19.3. The van der Waals surface area contributed by atoms with E-state index in [1.165, 1.54) is 16.0 Å². The van der Waals surface area contributed by atoms with Crippen LogP contribution in [-0.2, 0) is 4.79 Å². The zero-order valence-corrected chi connectivity index (χ0v) is 17.0. The Morgan fingerprint density at radius 3 is 2.68 bits per heavy atom. The summed E-state index contributed by atoms with van der Waals surface area (Å²) in [5.41, 5.74) is 1.03. The number of imide groups is 1. The molecule has 2 aromatic rings. The molecule has 0 spiro atoms. The topological polar surface area (TPSA) is 75.5 Å². The van der Waals surface area contributed by atoms with Crippen LogP contribution in [0.25, 0.3) is 10.2 Å². The fourth-order valence-electron chi connectivity index (χ4n) is 4.47. The molecular formula is C21H29N4O2S+. The van der Waals surface area contributed by atoms with Crippen LogP contribution in [0.15, 0.2) is 24.3 Å². The zero-order chi connectivity index (χ0) is 19.3. The van der Waals surface area contributed by atoms with E-state index in [9.17, 15) is 9.59 Å². The molecular weight excluding hydrogens is 372 g/mol. The summed E-state index contributed by atoms with van der Waals surface area (Å²) in [4.78, 5) is 30.7. The van der Waals surface area contributed by atoms with Gasteiger partial charge < -0.3 is 10.2 Å². The number of thiazole rings is 1. The van der Waals surface area contributed by atoms with Crippen molar-refractivity contribution in [3.05, 3.63) is 29.3 Å². The summed E-state index contributed by atoms with van der Waals surface area (Å²) in [6.45, 7) is 1.26. The molecule has 2 aliphatic rings. The Balaban J connectivity index is 1.36. The third-order valence-corrected chi connectivity index (χ3v) is 7.07. The lowest BCUT2D eigenvalue weighted by Gasteiger charge is -2.30. The summed E-state index contributed by atoms with van der Waals surface area (Å²) >= 11 is 1.73. The van der Waals surface area contributed by atoms with E-state index >= 15 is 0 Å². The molecule has 1 aliphatic carbocycles. The number of benzene rings is 1. The Kier molecular flexibility index (Phi) is 6.22. The van der Waals surface area contributed by atoms with Crippen LogP contribution < -0.4 is 15.5 Å². The molecule has 2 atom stereocenters. The Morgan fingerprint density at radius 1 is 1.07 bits per heavy atom. The number of hydrogen-bond donors (Lipinski definition) is 3. The van der Waals surface area contributed by atoms with Crippen LogP contribution in [0.2, 0.25) is 0 Å². The van der Waals surface area contributed by atoms with Crippen molar-refractivity contribution < 1.29 is 14.5 Å². The monoisotopic (exact) mass is 401 g/mol. The molecule has 6 nitrogen and oxygen atoms in total. The quantitative estimate of drug-likeness (QED) is 0.737. The number of amides is 3. The number of nitrogens with zero attached hydrogens (tertiary/aromatic N) is 1. The van der Waals surface area contributed by atoms with Gasteiger partial charge in [0.1, 0.15) is 6.04 Å². The molecule has 2 fully saturated rings. The van der Waals surface area contributed by atoms with Gasteiger partial charge in [-0.25, -0.2) is 9.78 Å². The smallest absolute Gasteiger partial charge is 0.321 e. The van der Waals surface area contributed by atoms with Gasteiger partial charge in [-0.2, -0.15) is 0 Å². The van der Waals surface area contributed by atoms with Crippen LogP contribution in [0.1, 0.15) is 62.4 Å². The van der Waals surface area contributed by atoms with Gasteiger partial charge in [0.05, 0.1) is 16.8 Å². The maximum Gasteiger partial charge on any atom is 0.321 e. The van der Waals surface area contributed by atoms with Crippen molar-refractivity contribution in [2.45, 2.75) is 63.5 Å². The summed E-state index contributed by atoms with van der Waals surface area (Å²) in [7, 11) is 0. The fourth-order valence-corrected chi connectivity index (χ4v) is 5.63. The van der Waals surface area contributed by atoms with Crippen molar-refractivity contribution >= 4 is 33.5 Å². The van der Waals surface area contributed by atoms with Gasteiger partial charge in [-0.15, -0.1) is 11.3 Å². The van der Waals surface area contributed by atoms with Crippen molar-refractivity contribution in [2.75, 3.05) is 13.1 Å². The molecule has 7 heteroatoms. The molecule has 2 heterocycles. The highest BCUT2D eigenvalue weighted by atomic mass is 32.1. The number of para-hydroxylation sites is 1. The Bertz CT molecular complexity index is 798. The van der Waals surface area contributed by atoms with Gasteiger partial charge in [0, 0.05) is 12.5 Å². The Hall–Kier alpha value is -1.99. The summed E-state index contributed by atoms with van der Waals surface area (Å²) < 4.78 is 1.19. The van der Waals surface area contributed by atoms with Gasteiger partial charge in [0.2, 0.25) is 0 Å². The number of rotatable bonds is 4. The van der Waals surface area contributed by atoms with Crippen LogP contribution in [-0.4, -0.2) is 36.1 Å². The third-order valence-electron chi connectivity index (χ3n) is 5.92. The minimum absolute atomic E-state index is 0.198. The normalized spacial score (nSPS) is 23.4. The summed E-state index contributed by atoms with van der Waals surface area (Å²) in [5, 5.41) is 6.61. The van der Waals surface area contributed by atoms with Crippen molar-refractivity contribution in [1.29, 1.82) is 0 Å². The number of fused-ring (bicyclic) bond motifs is 1. The predicted molar refractivity (Wildman–Crippen MR) is 110 cm³/mol. The van der Waals surface area contributed by atoms with E-state index in [2.05, 4.69) is 16.7 Å². The lowest BCUT2D eigenvalue weighted by molar-refractivity contribution is -0.929. The van der Waals surface area contributed by atoms with Crippen LogP contribution >= 0.6 is 11.3 Å². The molecule has 3 N–H and O–H groups in total. The molecule has 1 unspecified atom stereocenters. The Morgan fingerprint density at radius 2 is 1.86 bits per heavy atom. The highest BCUT2D eigenvalue weighted by molar-refractivity contribution is 7.18. The largest absolute Gasteiger partial charge is 0.335 e. The van der Waals surface area contributed by atoms with Crippen LogP contribution in [0.5, 0.6) is 0 Å². The van der Waals surface area contributed by atoms with Crippen LogP contribution in [0.4, 0.5) is 4.79 Å². The van der Waals surface area contributed by atoms with E-state index < -0.39 is 0 Å². The summed E-state index contributed by atoms with van der Waals surface area (Å²) in [5.74, 6) is -0.198. The van der Waals surface area contributed by atoms with Gasteiger partial charge >= 0.3 is 6.03 Å². The van der Waals surface area contributed by atoms with E-state index in [4.69, 9.17) is 4.98 Å². The predicted octanol–water partition coefficient (Wildman–Crippen LogP) is 2.56. The molecule has 1 aromatic carbocycles. The maximum atomic E-state index is 12.5. The number of hydrogen-bond acceptors (Lipinski definition) is 4. The second-order valence-corrected chi connectivity index (χ2v) is 9.07. The lowest BCUT2D eigenvalue weighted by Crippen LogP contribution is -3.14. The fraction of sp³-hybridized carbons (Fsp3) is 0.571. The average Bonchev–Trinajstić information content (AvgIpc) is 3.13. The second-order valence-electron chi connectivity index (χ2n) is 8.01. The Labute approximate surface area is 169 Å². The SMILES string of the molecule is O=C(C[NH+]1CCCC[C@H]1c1nc2ccccc2s1)NC(=O)NC1CCCCC1. The first-order chi connectivity index (χ1) is 13.7. The first-order valence-corrected chi connectivity index (χ1v) is 11.3. The van der Waals surface area contributed by atoms with Crippen LogP contribution in [0.3, 0.4) is 0 Å². The maximum absolute atomic E-state index is 12.5. The van der Waals surface area contributed by atoms with E-state index in [-0.39, 0.29) is 24.0 Å². The van der Waals surface area contributed by atoms with Gasteiger partial charge in [0.15, 0.2) is 11.6 Å². The molecule has 1 aliphatic heterocycles. The van der Waals surface area contributed by atoms with E-state index in [0.29, 0.717) is 6.54 Å². The van der Waals surface area contributed by atoms with Gasteiger partial charge in [-0.05, 0) is 37.8 Å². The van der Waals surface area contributed by atoms with Crippen LogP contribution in [0, 0.1) is 0 Å². The number of aromatic nitrogens is 1. The highest BCUT2D eigenvalue weighted by Gasteiger charge is 2.32. The van der Waals surface area contributed by atoms with E-state index in [1.807, 2.05) is 18.2 Å². The van der Waals surface area contributed by atoms with Crippen molar-refractivity contribution in [2.24, 2.45) is 0 Å². The number of urea groups is 1. The van der Waals surface area contributed by atoms with Crippen molar-refractivity contribution in [1.82, 2.24) is 15.6 Å². The molecule has 4 rings (SSSR count). The highest BCUT2D eigenvalue weighted by Crippen LogP contribution is 2.28. The molecule has 1 saturated heterocycles. The second kappa shape index (κ2) is 9.01. The molecule has 1 aromatic heterocycles. The molecule has 3 amide bonds. The van der Waals surface area contributed by atoms with Crippen molar-refractivity contribution in [3.63, 3.8) is 0 Å². The zero-order valence-electron chi connectivity index (χ0n) is 16.2. The lowest BCUT2D eigenvalue weighted by atomic mass is 9.96. The standard InChI is InChI=1S/C21H28N4O2S/c26-19(24-21(27)22-15-8-2-1-3-9-15)14-25-13-7-6-11-17(25)20-23-16-10-4-5-12-18(16)28-20/h4-5,10,12,15,17H,1-3,6-9,11,13-14H2,(H2,22,24,26,27)/p+1/t17-/m0/s1. The average molecular weight is 402 g/mol. The van der Waals surface area contributed by atoms with Crippen molar-refractivity contribution in [3.8, 4) is 0 Å². The number of likely N-dealkylation sites (tertiary alicyclic amines) is 1. The number of quaternary nitrogens is 1. The number of nitrogens with one attached hydrogen (secondary N) is 3. The summed E-state index contributed by atoms with van der Waals surface area (Å²) in [6.07, 6.45) is 8.88. The molecule has 150 valence electrons. The molecule has 0 bridgehead atoms. The summed E-state index contributed by atoms with van der Waals surface area (Å²) in [6, 6.07) is 8.29. The number of carbonyl (C=O) groups excluding carboxylic acids is 2. The molecule has 0 radical (unpaired) electrons. The minimum Gasteiger partial charge on any atom is -0.335 e. The minimum atomic E-state index is -0.343. The molecule has 28 heavy (non-hydrogen) atoms. The third kappa shape index (κ3) is 4.70. The first-order valence-electron chi connectivity index (χ1n) is 10.5.